The smallest absolute Gasteiger partial charge is 0.326 e. The summed E-state index contributed by atoms with van der Waals surface area (Å²) in [5.41, 5.74) is 5.85. The van der Waals surface area contributed by atoms with Crippen LogP contribution in [0.4, 0.5) is 0 Å². The molecule has 5 heteroatoms. The van der Waals surface area contributed by atoms with Crippen LogP contribution in [0.5, 0.6) is 0 Å². The Balaban J connectivity index is 2.73. The van der Waals surface area contributed by atoms with Crippen molar-refractivity contribution >= 4 is 17.3 Å². The molecule has 0 radical (unpaired) electrons. The fourth-order valence-corrected chi connectivity index (χ4v) is 1.86. The fourth-order valence-electron chi connectivity index (χ4n) is 0.923. The molecular formula is C8H12N2O2S. The van der Waals surface area contributed by atoms with Crippen LogP contribution in [0.15, 0.2) is 5.38 Å². The lowest BCUT2D eigenvalue weighted by Crippen LogP contribution is -2.20. The van der Waals surface area contributed by atoms with Crippen LogP contribution in [-0.4, -0.2) is 16.1 Å². The third-order valence-electron chi connectivity index (χ3n) is 1.62. The Morgan fingerprint density at radius 1 is 1.85 bits per heavy atom. The predicted octanol–water partition coefficient (Wildman–Crippen LogP) is 1.18. The van der Waals surface area contributed by atoms with Gasteiger partial charge in [0.15, 0.2) is 0 Å². The second-order valence-corrected chi connectivity index (χ2v) is 3.67. The first-order valence-electron chi connectivity index (χ1n) is 4.07. The van der Waals surface area contributed by atoms with Gasteiger partial charge >= 0.3 is 5.97 Å². The maximum absolute atomic E-state index is 10.5. The predicted molar refractivity (Wildman–Crippen MR) is 50.7 cm³/mol. The minimum absolute atomic E-state index is 0.459. The summed E-state index contributed by atoms with van der Waals surface area (Å²) in [5.74, 6) is -1.03. The van der Waals surface area contributed by atoms with Crippen LogP contribution < -0.4 is 5.73 Å². The highest BCUT2D eigenvalue weighted by Crippen LogP contribution is 2.16. The van der Waals surface area contributed by atoms with Crippen LogP contribution in [0, 0.1) is 0 Å². The van der Waals surface area contributed by atoms with Gasteiger partial charge in [-0.05, 0) is 12.8 Å². The lowest BCUT2D eigenvalue weighted by atomic mass is 10.2. The highest BCUT2D eigenvalue weighted by molar-refractivity contribution is 7.09. The maximum atomic E-state index is 10.5. The number of nitrogens with zero attached hydrogens (tertiary/aromatic N) is 1. The summed E-state index contributed by atoms with van der Waals surface area (Å²) in [5, 5.41) is 11.3. The van der Waals surface area contributed by atoms with E-state index in [1.165, 1.54) is 11.3 Å². The normalized spacial score (nSPS) is 12.8. The largest absolute Gasteiger partial charge is 0.480 e. The van der Waals surface area contributed by atoms with Crippen LogP contribution >= 0.6 is 11.3 Å². The zero-order chi connectivity index (χ0) is 9.84. The highest BCUT2D eigenvalue weighted by Gasteiger charge is 2.17. The Hall–Kier alpha value is -0.940. The summed E-state index contributed by atoms with van der Waals surface area (Å²) < 4.78 is 0. The first kappa shape index (κ1) is 10.1. The fraction of sp³-hybridized carbons (Fsp3) is 0.500. The van der Waals surface area contributed by atoms with Crippen molar-refractivity contribution in [1.82, 2.24) is 4.98 Å². The number of carboxylic acids is 1. The van der Waals surface area contributed by atoms with Crippen molar-refractivity contribution in [3.05, 3.63) is 16.1 Å². The summed E-state index contributed by atoms with van der Waals surface area (Å²) in [6.45, 7) is 2.05. The van der Waals surface area contributed by atoms with E-state index < -0.39 is 12.0 Å². The third kappa shape index (κ3) is 2.50. The minimum atomic E-state index is -1.03. The van der Waals surface area contributed by atoms with Gasteiger partial charge < -0.3 is 10.8 Å². The standard InChI is InChI=1S/C8H12N2O2S/c1-2-3-6-10-5(4-13-6)7(9)8(11)12/h4,7H,2-3,9H2,1H3,(H,11,12). The number of aromatic nitrogens is 1. The van der Waals surface area contributed by atoms with Crippen LogP contribution in [0.3, 0.4) is 0 Å². The van der Waals surface area contributed by atoms with E-state index in [9.17, 15) is 4.79 Å². The van der Waals surface area contributed by atoms with Crippen molar-refractivity contribution in [2.24, 2.45) is 5.73 Å². The number of carbonyl (C=O) groups is 1. The molecule has 0 saturated carbocycles. The number of aliphatic carboxylic acids is 1. The molecule has 1 unspecified atom stereocenters. The van der Waals surface area contributed by atoms with E-state index in [0.29, 0.717) is 5.69 Å². The molecule has 13 heavy (non-hydrogen) atoms. The SMILES string of the molecule is CCCc1nc(C(N)C(=O)O)cs1. The van der Waals surface area contributed by atoms with Gasteiger partial charge in [-0.25, -0.2) is 4.98 Å². The van der Waals surface area contributed by atoms with Gasteiger partial charge in [-0.2, -0.15) is 0 Å². The zero-order valence-electron chi connectivity index (χ0n) is 7.36. The lowest BCUT2D eigenvalue weighted by Gasteiger charge is -2.00. The first-order valence-corrected chi connectivity index (χ1v) is 4.95. The van der Waals surface area contributed by atoms with Gasteiger partial charge in [-0.15, -0.1) is 11.3 Å². The van der Waals surface area contributed by atoms with Gasteiger partial charge in [0.2, 0.25) is 0 Å². The molecule has 1 aromatic rings. The molecule has 0 saturated heterocycles. The molecule has 72 valence electrons. The van der Waals surface area contributed by atoms with Gasteiger partial charge in [-0.1, -0.05) is 6.92 Å². The third-order valence-corrected chi connectivity index (χ3v) is 2.54. The van der Waals surface area contributed by atoms with Gasteiger partial charge in [0.25, 0.3) is 0 Å². The Labute approximate surface area is 80.4 Å². The molecule has 0 amide bonds. The molecule has 1 aromatic heterocycles. The Morgan fingerprint density at radius 3 is 3.08 bits per heavy atom. The van der Waals surface area contributed by atoms with Crippen molar-refractivity contribution < 1.29 is 9.90 Å². The molecular weight excluding hydrogens is 188 g/mol. The summed E-state index contributed by atoms with van der Waals surface area (Å²) in [6, 6.07) is -0.984. The average molecular weight is 200 g/mol. The molecule has 0 aliphatic rings. The quantitative estimate of drug-likeness (QED) is 0.765. The number of aryl methyl sites for hydroxylation is 1. The van der Waals surface area contributed by atoms with Crippen molar-refractivity contribution in [2.45, 2.75) is 25.8 Å². The zero-order valence-corrected chi connectivity index (χ0v) is 8.17. The summed E-state index contributed by atoms with van der Waals surface area (Å²) in [6.07, 6.45) is 1.90. The molecule has 0 aliphatic carbocycles. The van der Waals surface area contributed by atoms with Gasteiger partial charge in [0.1, 0.15) is 6.04 Å². The van der Waals surface area contributed by atoms with Gasteiger partial charge in [0.05, 0.1) is 10.7 Å². The summed E-state index contributed by atoms with van der Waals surface area (Å²) in [7, 11) is 0. The number of carboxylic acid groups (broad SMARTS) is 1. The molecule has 4 nitrogen and oxygen atoms in total. The van der Waals surface area contributed by atoms with E-state index in [1.54, 1.807) is 5.38 Å². The van der Waals surface area contributed by atoms with Crippen LogP contribution in [0.1, 0.15) is 30.1 Å². The number of nitrogens with two attached hydrogens (primary N) is 1. The van der Waals surface area contributed by atoms with E-state index in [0.717, 1.165) is 17.8 Å². The van der Waals surface area contributed by atoms with Crippen molar-refractivity contribution in [1.29, 1.82) is 0 Å². The Morgan fingerprint density at radius 2 is 2.54 bits per heavy atom. The molecule has 0 spiro atoms. The number of rotatable bonds is 4. The van der Waals surface area contributed by atoms with Gasteiger partial charge in [0, 0.05) is 5.38 Å². The monoisotopic (exact) mass is 200 g/mol. The van der Waals surface area contributed by atoms with E-state index >= 15 is 0 Å². The van der Waals surface area contributed by atoms with E-state index in [-0.39, 0.29) is 0 Å². The Bertz CT molecular complexity index is 298. The second kappa shape index (κ2) is 4.34. The highest BCUT2D eigenvalue weighted by atomic mass is 32.1. The van der Waals surface area contributed by atoms with Crippen molar-refractivity contribution in [3.63, 3.8) is 0 Å². The van der Waals surface area contributed by atoms with E-state index in [1.807, 2.05) is 0 Å². The van der Waals surface area contributed by atoms with Crippen LogP contribution in [-0.2, 0) is 11.2 Å². The van der Waals surface area contributed by atoms with E-state index in [2.05, 4.69) is 11.9 Å². The topological polar surface area (TPSA) is 76.2 Å². The second-order valence-electron chi connectivity index (χ2n) is 2.73. The lowest BCUT2D eigenvalue weighted by molar-refractivity contribution is -0.138. The molecule has 0 bridgehead atoms. The van der Waals surface area contributed by atoms with Crippen LogP contribution in [0.2, 0.25) is 0 Å². The van der Waals surface area contributed by atoms with Crippen molar-refractivity contribution in [3.8, 4) is 0 Å². The van der Waals surface area contributed by atoms with Crippen molar-refractivity contribution in [2.75, 3.05) is 0 Å². The molecule has 1 heterocycles. The maximum Gasteiger partial charge on any atom is 0.326 e. The molecule has 3 N–H and O–H groups in total. The van der Waals surface area contributed by atoms with Crippen LogP contribution in [0.25, 0.3) is 0 Å². The summed E-state index contributed by atoms with van der Waals surface area (Å²) >= 11 is 1.47. The molecule has 0 aromatic carbocycles. The number of hydrogen-bond donors (Lipinski definition) is 2. The van der Waals surface area contributed by atoms with Gasteiger partial charge in [-0.3, -0.25) is 4.79 Å². The molecule has 1 rings (SSSR count). The molecule has 1 atom stereocenters. The minimum Gasteiger partial charge on any atom is -0.480 e. The number of thiazole rings is 1. The Kier molecular flexibility index (Phi) is 3.39. The molecule has 0 aliphatic heterocycles. The van der Waals surface area contributed by atoms with E-state index in [4.69, 9.17) is 10.8 Å². The number of hydrogen-bond acceptors (Lipinski definition) is 4. The average Bonchev–Trinajstić information content (AvgIpc) is 2.52. The first-order chi connectivity index (χ1) is 6.15. The molecule has 0 fully saturated rings. The summed E-state index contributed by atoms with van der Waals surface area (Å²) in [4.78, 5) is 14.6.